The van der Waals surface area contributed by atoms with Crippen LogP contribution in [0.5, 0.6) is 0 Å². The summed E-state index contributed by atoms with van der Waals surface area (Å²) in [5, 5.41) is 7.81. The van der Waals surface area contributed by atoms with Gasteiger partial charge in [0.2, 0.25) is 5.91 Å². The van der Waals surface area contributed by atoms with Gasteiger partial charge in [0, 0.05) is 44.9 Å². The van der Waals surface area contributed by atoms with E-state index < -0.39 is 24.1 Å². The van der Waals surface area contributed by atoms with Gasteiger partial charge in [0.25, 0.3) is 11.8 Å². The zero-order valence-corrected chi connectivity index (χ0v) is 33.7. The third-order valence-corrected chi connectivity index (χ3v) is 7.10. The number of nitrogens with one attached hydrogen (secondary N) is 3. The summed E-state index contributed by atoms with van der Waals surface area (Å²) in [6.45, 7) is 6.66. The van der Waals surface area contributed by atoms with Crippen LogP contribution in [0.2, 0.25) is 0 Å². The van der Waals surface area contributed by atoms with E-state index in [1.165, 1.54) is 12.2 Å². The molecule has 1 heterocycles. The summed E-state index contributed by atoms with van der Waals surface area (Å²) < 4.78 is 52.2. The van der Waals surface area contributed by atoms with Crippen molar-refractivity contribution in [1.29, 1.82) is 0 Å². The van der Waals surface area contributed by atoms with Gasteiger partial charge in [0.05, 0.1) is 92.4 Å². The van der Waals surface area contributed by atoms with Crippen LogP contribution >= 0.6 is 0 Å². The number of carbonyl (C=O) groups is 7. The largest absolute Gasteiger partial charge is 0.463 e. The van der Waals surface area contributed by atoms with E-state index in [0.717, 1.165) is 17.7 Å². The number of esters is 2. The molecule has 0 aromatic heterocycles. The maximum Gasteiger partial charge on any atom is 0.407 e. The fourth-order valence-electron chi connectivity index (χ4n) is 4.27. The van der Waals surface area contributed by atoms with E-state index in [1.54, 1.807) is 4.90 Å². The molecular formula is C36H61N5O17. The van der Waals surface area contributed by atoms with E-state index in [2.05, 4.69) is 16.0 Å². The average Bonchev–Trinajstić information content (AvgIpc) is 3.52. The van der Waals surface area contributed by atoms with Gasteiger partial charge in [-0.3, -0.25) is 24.2 Å². The number of hydrogen-bond acceptors (Lipinski definition) is 18. The molecule has 0 fully saturated rings. The number of imide groups is 1. The third-order valence-electron chi connectivity index (χ3n) is 7.10. The monoisotopic (exact) mass is 835 g/mol. The molecule has 0 aromatic rings. The second kappa shape index (κ2) is 35.7. The molecule has 0 saturated heterocycles. The minimum Gasteiger partial charge on any atom is -0.463 e. The number of nitrogens with zero attached hydrogens (tertiary/aromatic N) is 2. The van der Waals surface area contributed by atoms with E-state index in [9.17, 15) is 33.6 Å². The molecule has 58 heavy (non-hydrogen) atoms. The lowest BCUT2D eigenvalue weighted by Gasteiger charge is -2.21. The maximum absolute atomic E-state index is 12.7. The van der Waals surface area contributed by atoms with Crippen LogP contribution in [0.25, 0.3) is 0 Å². The Hall–Kier alpha value is -4.45. The molecule has 0 radical (unpaired) electrons. The highest BCUT2D eigenvalue weighted by atomic mass is 16.6. The van der Waals surface area contributed by atoms with Crippen LogP contribution in [0.4, 0.5) is 9.59 Å². The second-order valence-corrected chi connectivity index (χ2v) is 11.9. The van der Waals surface area contributed by atoms with E-state index in [4.69, 9.17) is 47.4 Å². The van der Waals surface area contributed by atoms with Crippen LogP contribution < -0.4 is 16.0 Å². The predicted octanol–water partition coefficient (Wildman–Crippen LogP) is -1.21. The summed E-state index contributed by atoms with van der Waals surface area (Å²) in [5.74, 6) is -2.35. The number of carbonyl (C=O) groups excluding carboxylic acids is 7. The Labute approximate surface area is 338 Å². The lowest BCUT2D eigenvalue weighted by molar-refractivity contribution is -0.150. The molecule has 3 N–H and O–H groups in total. The molecule has 1 rings (SSSR count). The number of rotatable bonds is 37. The van der Waals surface area contributed by atoms with E-state index in [-0.39, 0.29) is 156 Å². The number of hydrogen-bond donors (Lipinski definition) is 3. The van der Waals surface area contributed by atoms with Gasteiger partial charge in [-0.2, -0.15) is 0 Å². The molecule has 0 aromatic carbocycles. The van der Waals surface area contributed by atoms with Gasteiger partial charge >= 0.3 is 24.1 Å². The first-order valence-corrected chi connectivity index (χ1v) is 19.3. The van der Waals surface area contributed by atoms with Crippen LogP contribution in [0.3, 0.4) is 0 Å². The van der Waals surface area contributed by atoms with Gasteiger partial charge in [-0.1, -0.05) is 13.8 Å². The Bertz CT molecular complexity index is 1150. The summed E-state index contributed by atoms with van der Waals surface area (Å²) in [7, 11) is 0. The predicted molar refractivity (Wildman–Crippen MR) is 201 cm³/mol. The molecule has 0 atom stereocenters. The SMILES string of the molecule is CCCOC(=O)NCCOCCOCC(=O)OCCN(CCOC(=O)COCCOCCNC(=O)OCCC)CC(=O)NCCOCCOCCN1C(=O)C=CC1=O. The standard InChI is InChI=1S/C36H61N5O17/c1-3-13-57-35(47)38-8-16-50-23-25-53-28-33(45)55-19-10-40(11-20-56-34(46)29-54-26-24-51-17-9-39-36(48)58-14-4-2)27-30(42)37-7-15-49-21-22-52-18-12-41-31(43)5-6-32(41)44/h5-6H,3-4,7-29H2,1-2H3,(H,37,42)(H,38,47)(H,39,48). The Morgan fingerprint density at radius 1 is 0.517 bits per heavy atom. The summed E-state index contributed by atoms with van der Waals surface area (Å²) in [6, 6.07) is 0. The van der Waals surface area contributed by atoms with Crippen molar-refractivity contribution in [3.8, 4) is 0 Å². The Kier molecular flexibility index (Phi) is 31.7. The molecule has 5 amide bonds. The van der Waals surface area contributed by atoms with Crippen LogP contribution in [0.15, 0.2) is 12.2 Å². The first-order valence-electron chi connectivity index (χ1n) is 19.3. The highest BCUT2D eigenvalue weighted by molar-refractivity contribution is 6.12. The molecular weight excluding hydrogens is 774 g/mol. The molecule has 0 saturated carbocycles. The van der Waals surface area contributed by atoms with Crippen molar-refractivity contribution in [2.24, 2.45) is 0 Å². The van der Waals surface area contributed by atoms with Crippen LogP contribution in [-0.2, 0) is 71.3 Å². The zero-order valence-electron chi connectivity index (χ0n) is 33.7. The fourth-order valence-corrected chi connectivity index (χ4v) is 4.27. The average molecular weight is 836 g/mol. The Morgan fingerprint density at radius 2 is 0.931 bits per heavy atom. The van der Waals surface area contributed by atoms with Crippen molar-refractivity contribution >= 4 is 41.8 Å². The summed E-state index contributed by atoms with van der Waals surface area (Å²) in [6.07, 6.45) is 2.82. The number of amides is 5. The van der Waals surface area contributed by atoms with Crippen LogP contribution in [-0.4, -0.2) is 203 Å². The number of alkyl carbamates (subject to hydrolysis) is 2. The van der Waals surface area contributed by atoms with Crippen molar-refractivity contribution < 1.29 is 80.9 Å². The first-order chi connectivity index (χ1) is 28.2. The van der Waals surface area contributed by atoms with E-state index in [0.29, 0.717) is 13.2 Å². The topological polar surface area (TPSA) is 254 Å². The molecule has 0 aliphatic carbocycles. The molecule has 1 aliphatic rings. The highest BCUT2D eigenvalue weighted by Gasteiger charge is 2.22. The molecule has 332 valence electrons. The Balaban J connectivity index is 2.31. The number of ether oxygens (including phenoxy) is 10. The normalized spacial score (nSPS) is 12.2. The maximum atomic E-state index is 12.7. The third kappa shape index (κ3) is 29.7. The lowest BCUT2D eigenvalue weighted by Crippen LogP contribution is -2.41. The van der Waals surface area contributed by atoms with Gasteiger partial charge in [0.15, 0.2) is 0 Å². The minimum absolute atomic E-state index is 0.0714. The fraction of sp³-hybridized carbons (Fsp3) is 0.750. The molecule has 1 aliphatic heterocycles. The van der Waals surface area contributed by atoms with Crippen LogP contribution in [0, 0.1) is 0 Å². The van der Waals surface area contributed by atoms with Crippen molar-refractivity contribution in [3.63, 3.8) is 0 Å². The highest BCUT2D eigenvalue weighted by Crippen LogP contribution is 2.02. The smallest absolute Gasteiger partial charge is 0.407 e. The van der Waals surface area contributed by atoms with Gasteiger partial charge in [-0.15, -0.1) is 0 Å². The Morgan fingerprint density at radius 3 is 1.38 bits per heavy atom. The van der Waals surface area contributed by atoms with Crippen molar-refractivity contribution in [3.05, 3.63) is 12.2 Å². The summed E-state index contributed by atoms with van der Waals surface area (Å²) in [5.41, 5.74) is 0. The van der Waals surface area contributed by atoms with Crippen LogP contribution in [0.1, 0.15) is 26.7 Å². The lowest BCUT2D eigenvalue weighted by atomic mass is 10.4. The molecule has 0 spiro atoms. The van der Waals surface area contributed by atoms with Crippen molar-refractivity contribution in [2.45, 2.75) is 26.7 Å². The second-order valence-electron chi connectivity index (χ2n) is 11.9. The van der Waals surface area contributed by atoms with Gasteiger partial charge < -0.3 is 63.3 Å². The van der Waals surface area contributed by atoms with Crippen molar-refractivity contribution in [1.82, 2.24) is 25.8 Å². The first kappa shape index (κ1) is 51.6. The minimum atomic E-state index is -0.626. The molecule has 0 bridgehead atoms. The molecule has 0 unspecified atom stereocenters. The molecule has 22 nitrogen and oxygen atoms in total. The summed E-state index contributed by atoms with van der Waals surface area (Å²) in [4.78, 5) is 85.5. The van der Waals surface area contributed by atoms with E-state index in [1.807, 2.05) is 13.8 Å². The zero-order chi connectivity index (χ0) is 42.5. The van der Waals surface area contributed by atoms with Crippen molar-refractivity contribution in [2.75, 3.05) is 152 Å². The van der Waals surface area contributed by atoms with Gasteiger partial charge in [0.1, 0.15) is 26.4 Å². The summed E-state index contributed by atoms with van der Waals surface area (Å²) >= 11 is 0. The van der Waals surface area contributed by atoms with Gasteiger partial charge in [-0.05, 0) is 12.8 Å². The quantitative estimate of drug-likeness (QED) is 0.0287. The van der Waals surface area contributed by atoms with Gasteiger partial charge in [-0.25, -0.2) is 19.2 Å². The van der Waals surface area contributed by atoms with E-state index >= 15 is 0 Å². The molecule has 22 heteroatoms.